The molecule has 3 heterocycles. The number of nitrogens with zero attached hydrogens (tertiary/aromatic N) is 3. The van der Waals surface area contributed by atoms with Crippen molar-refractivity contribution in [3.8, 4) is 0 Å². The minimum absolute atomic E-state index is 0.284. The van der Waals surface area contributed by atoms with Crippen LogP contribution in [0.4, 0.5) is 10.2 Å². The lowest BCUT2D eigenvalue weighted by Gasteiger charge is -2.23. The highest BCUT2D eigenvalue weighted by molar-refractivity contribution is 5.70. The van der Waals surface area contributed by atoms with E-state index in [0.29, 0.717) is 11.2 Å². The van der Waals surface area contributed by atoms with Crippen molar-refractivity contribution >= 4 is 11.3 Å². The van der Waals surface area contributed by atoms with Crippen LogP contribution in [0.25, 0.3) is 5.52 Å². The molecule has 7 nitrogen and oxygen atoms in total. The molecular weight excluding hydrogens is 279 g/mol. The minimum Gasteiger partial charge on any atom is -0.394 e. The van der Waals surface area contributed by atoms with Crippen LogP contribution in [-0.4, -0.2) is 49.3 Å². The molecule has 0 unspecified atom stereocenters. The fraction of sp³-hybridized carbons (Fsp3) is 0.538. The van der Waals surface area contributed by atoms with Gasteiger partial charge < -0.3 is 20.7 Å². The Kier molecular flexibility index (Phi) is 3.12. The van der Waals surface area contributed by atoms with Gasteiger partial charge in [0.2, 0.25) is 0 Å². The Bertz CT molecular complexity index is 687. The maximum Gasteiger partial charge on any atom is 0.168 e. The molecule has 0 aromatic carbocycles. The summed E-state index contributed by atoms with van der Waals surface area (Å²) in [6, 6.07) is 1.70. The topological polar surface area (TPSA) is 106 Å². The van der Waals surface area contributed by atoms with E-state index in [1.165, 1.54) is 17.8 Å². The molecule has 8 heteroatoms. The van der Waals surface area contributed by atoms with Crippen LogP contribution < -0.4 is 5.73 Å². The molecule has 0 bridgehead atoms. The first kappa shape index (κ1) is 14.2. The summed E-state index contributed by atoms with van der Waals surface area (Å²) in [5.41, 5.74) is 5.56. The van der Waals surface area contributed by atoms with Crippen LogP contribution in [0.1, 0.15) is 24.3 Å². The number of aliphatic hydroxyl groups excluding tert-OH is 2. The van der Waals surface area contributed by atoms with E-state index in [1.807, 2.05) is 6.92 Å². The van der Waals surface area contributed by atoms with Gasteiger partial charge in [0, 0.05) is 0 Å². The van der Waals surface area contributed by atoms with Crippen LogP contribution in [0, 0.1) is 6.92 Å². The van der Waals surface area contributed by atoms with Crippen molar-refractivity contribution in [3.05, 3.63) is 23.7 Å². The molecule has 1 aliphatic rings. The van der Waals surface area contributed by atoms with E-state index in [2.05, 4.69) is 10.1 Å². The van der Waals surface area contributed by atoms with Gasteiger partial charge in [-0.05, 0) is 25.5 Å². The molecule has 2 aromatic heterocycles. The molecule has 0 saturated carbocycles. The number of anilines is 1. The molecule has 2 aromatic rings. The van der Waals surface area contributed by atoms with Crippen LogP contribution >= 0.6 is 0 Å². The predicted octanol–water partition coefficient (Wildman–Crippen LogP) is 0.141. The highest BCUT2D eigenvalue weighted by Crippen LogP contribution is 2.45. The van der Waals surface area contributed by atoms with Crippen molar-refractivity contribution in [2.75, 3.05) is 12.3 Å². The number of hydrogen-bond acceptors (Lipinski definition) is 6. The SMILES string of the molecule is Cc1cc([C@@H]2O[C@H](CO)[C@@H](O)[C@@]2(C)F)n2ncnc(N)c12. The van der Waals surface area contributed by atoms with Crippen molar-refractivity contribution < 1.29 is 19.3 Å². The van der Waals surface area contributed by atoms with Crippen LogP contribution in [0.5, 0.6) is 0 Å². The highest BCUT2D eigenvalue weighted by Gasteiger charge is 2.55. The Balaban J connectivity index is 2.15. The van der Waals surface area contributed by atoms with Crippen LogP contribution in [-0.2, 0) is 4.74 Å². The molecule has 1 saturated heterocycles. The lowest BCUT2D eigenvalue weighted by atomic mass is 9.93. The number of rotatable bonds is 2. The number of hydrogen-bond donors (Lipinski definition) is 3. The summed E-state index contributed by atoms with van der Waals surface area (Å²) >= 11 is 0. The van der Waals surface area contributed by atoms with E-state index in [9.17, 15) is 14.6 Å². The normalized spacial score (nSPS) is 32.9. The molecule has 4 N–H and O–H groups in total. The number of alkyl halides is 1. The van der Waals surface area contributed by atoms with Gasteiger partial charge in [0.05, 0.1) is 12.3 Å². The highest BCUT2D eigenvalue weighted by atomic mass is 19.1. The smallest absolute Gasteiger partial charge is 0.168 e. The monoisotopic (exact) mass is 296 g/mol. The van der Waals surface area contributed by atoms with Gasteiger partial charge in [-0.1, -0.05) is 0 Å². The zero-order valence-corrected chi connectivity index (χ0v) is 11.7. The molecule has 4 atom stereocenters. The first-order valence-electron chi connectivity index (χ1n) is 6.60. The summed E-state index contributed by atoms with van der Waals surface area (Å²) in [5, 5.41) is 23.2. The lowest BCUT2D eigenvalue weighted by Crippen LogP contribution is -2.39. The van der Waals surface area contributed by atoms with Crippen molar-refractivity contribution in [3.63, 3.8) is 0 Å². The zero-order valence-electron chi connectivity index (χ0n) is 11.7. The van der Waals surface area contributed by atoms with Crippen molar-refractivity contribution in [2.45, 2.75) is 37.8 Å². The van der Waals surface area contributed by atoms with Crippen molar-refractivity contribution in [1.29, 1.82) is 0 Å². The second-order valence-electron chi connectivity index (χ2n) is 5.49. The average Bonchev–Trinajstić information content (AvgIpc) is 2.87. The van der Waals surface area contributed by atoms with Gasteiger partial charge in [0.15, 0.2) is 11.5 Å². The third kappa shape index (κ3) is 1.90. The number of nitrogens with two attached hydrogens (primary N) is 1. The summed E-state index contributed by atoms with van der Waals surface area (Å²) in [6.45, 7) is 2.59. The van der Waals surface area contributed by atoms with E-state index < -0.39 is 30.6 Å². The number of ether oxygens (including phenoxy) is 1. The molecule has 114 valence electrons. The third-order valence-corrected chi connectivity index (χ3v) is 4.00. The molecule has 0 amide bonds. The molecule has 0 spiro atoms. The summed E-state index contributed by atoms with van der Waals surface area (Å²) in [4.78, 5) is 3.91. The van der Waals surface area contributed by atoms with Gasteiger partial charge >= 0.3 is 0 Å². The first-order valence-corrected chi connectivity index (χ1v) is 6.60. The molecule has 0 aliphatic carbocycles. The number of aryl methyl sites for hydroxylation is 1. The van der Waals surface area contributed by atoms with Gasteiger partial charge in [-0.25, -0.2) is 13.9 Å². The number of aliphatic hydroxyl groups is 2. The molecule has 1 aliphatic heterocycles. The lowest BCUT2D eigenvalue weighted by molar-refractivity contribution is -0.0248. The Labute approximate surface area is 120 Å². The van der Waals surface area contributed by atoms with E-state index in [1.54, 1.807) is 6.07 Å². The fourth-order valence-corrected chi connectivity index (χ4v) is 2.87. The Morgan fingerprint density at radius 2 is 2.29 bits per heavy atom. The number of halogens is 1. The maximum absolute atomic E-state index is 14.9. The molecule has 3 rings (SSSR count). The van der Waals surface area contributed by atoms with Gasteiger partial charge in [-0.15, -0.1) is 0 Å². The van der Waals surface area contributed by atoms with E-state index in [-0.39, 0.29) is 5.82 Å². The number of aromatic nitrogens is 3. The summed E-state index contributed by atoms with van der Waals surface area (Å²) in [6.07, 6.45) is -2.18. The Morgan fingerprint density at radius 3 is 2.90 bits per heavy atom. The molecular formula is C13H17FN4O3. The Hall–Kier alpha value is -1.77. The molecule has 1 fully saturated rings. The van der Waals surface area contributed by atoms with Gasteiger partial charge in [-0.2, -0.15) is 5.10 Å². The van der Waals surface area contributed by atoms with Crippen molar-refractivity contribution in [1.82, 2.24) is 14.6 Å². The second-order valence-corrected chi connectivity index (χ2v) is 5.49. The predicted molar refractivity (Wildman–Crippen MR) is 72.4 cm³/mol. The maximum atomic E-state index is 14.9. The second kappa shape index (κ2) is 4.62. The van der Waals surface area contributed by atoms with Crippen LogP contribution in [0.15, 0.2) is 12.4 Å². The quantitative estimate of drug-likeness (QED) is 0.728. The van der Waals surface area contributed by atoms with E-state index >= 15 is 0 Å². The molecule has 21 heavy (non-hydrogen) atoms. The Morgan fingerprint density at radius 1 is 1.57 bits per heavy atom. The van der Waals surface area contributed by atoms with E-state index in [4.69, 9.17) is 10.5 Å². The number of fused-ring (bicyclic) bond motifs is 1. The average molecular weight is 296 g/mol. The van der Waals surface area contributed by atoms with Crippen LogP contribution in [0.2, 0.25) is 0 Å². The largest absolute Gasteiger partial charge is 0.394 e. The summed E-state index contributed by atoms with van der Waals surface area (Å²) in [5.74, 6) is 0.284. The zero-order chi connectivity index (χ0) is 15.4. The van der Waals surface area contributed by atoms with Gasteiger partial charge in [-0.3, -0.25) is 0 Å². The summed E-state index contributed by atoms with van der Waals surface area (Å²) < 4.78 is 21.8. The first-order chi connectivity index (χ1) is 9.87. The fourth-order valence-electron chi connectivity index (χ4n) is 2.87. The standard InChI is InChI=1S/C13H17FN4O3/c1-6-3-7(18-9(6)12(15)16-5-17-18)11-13(2,14)10(20)8(4-19)21-11/h3,5,8,10-11,19-20H,4H2,1-2H3,(H2,15,16,17)/t8-,10-,11+,13-/m1/s1. The minimum atomic E-state index is -2.05. The summed E-state index contributed by atoms with van der Waals surface area (Å²) in [7, 11) is 0. The van der Waals surface area contributed by atoms with Crippen LogP contribution in [0.3, 0.4) is 0 Å². The van der Waals surface area contributed by atoms with Crippen molar-refractivity contribution in [2.24, 2.45) is 0 Å². The molecule has 0 radical (unpaired) electrons. The number of nitrogen functional groups attached to an aromatic ring is 1. The third-order valence-electron chi connectivity index (χ3n) is 4.00. The van der Waals surface area contributed by atoms with Gasteiger partial charge in [0.25, 0.3) is 0 Å². The van der Waals surface area contributed by atoms with Gasteiger partial charge in [0.1, 0.15) is 30.2 Å². The van der Waals surface area contributed by atoms with E-state index in [0.717, 1.165) is 5.56 Å².